The van der Waals surface area contributed by atoms with Gasteiger partial charge < -0.3 is 4.74 Å². The molecule has 3 nitrogen and oxygen atoms in total. The summed E-state index contributed by atoms with van der Waals surface area (Å²) in [5.74, 6) is 6.15. The Bertz CT molecular complexity index is 332. The molecule has 0 fully saturated rings. The predicted octanol–water partition coefficient (Wildman–Crippen LogP) is 2.48. The molecule has 1 aromatic rings. The van der Waals surface area contributed by atoms with Crippen molar-refractivity contribution in [1.82, 2.24) is 5.43 Å². The molecule has 96 valence electrons. The number of ether oxygens (including phenoxy) is 1. The van der Waals surface area contributed by atoms with E-state index in [4.69, 9.17) is 10.6 Å². The molecule has 0 spiro atoms. The van der Waals surface area contributed by atoms with Crippen molar-refractivity contribution < 1.29 is 4.74 Å². The molecule has 0 aromatic heterocycles. The van der Waals surface area contributed by atoms with Gasteiger partial charge in [-0.1, -0.05) is 36.2 Å². The van der Waals surface area contributed by atoms with E-state index < -0.39 is 0 Å². The van der Waals surface area contributed by atoms with Gasteiger partial charge in [0.1, 0.15) is 0 Å². The van der Waals surface area contributed by atoms with Crippen molar-refractivity contribution in [3.05, 3.63) is 34.9 Å². The lowest BCUT2D eigenvalue weighted by Gasteiger charge is -2.21. The van der Waals surface area contributed by atoms with Crippen LogP contribution in [0.15, 0.2) is 18.2 Å². The quantitative estimate of drug-likeness (QED) is 0.589. The van der Waals surface area contributed by atoms with Crippen LogP contribution in [0.5, 0.6) is 0 Å². The molecule has 1 aromatic carbocycles. The average molecular weight is 236 g/mol. The first-order chi connectivity index (χ1) is 8.06. The Hall–Kier alpha value is -0.900. The molecule has 0 aliphatic rings. The zero-order valence-electron chi connectivity index (χ0n) is 11.3. The number of aryl methyl sites for hydroxylation is 2. The van der Waals surface area contributed by atoms with E-state index in [1.165, 1.54) is 16.7 Å². The highest BCUT2D eigenvalue weighted by Crippen LogP contribution is 2.22. The number of hydrogen-bond donors (Lipinski definition) is 2. The van der Waals surface area contributed by atoms with Crippen LogP contribution in [0.3, 0.4) is 0 Å². The fraction of sp³-hybridized carbons (Fsp3) is 0.571. The molecule has 0 saturated carbocycles. The van der Waals surface area contributed by atoms with Gasteiger partial charge >= 0.3 is 0 Å². The minimum absolute atomic E-state index is 0.193. The van der Waals surface area contributed by atoms with Crippen molar-refractivity contribution in [2.24, 2.45) is 11.8 Å². The highest BCUT2D eigenvalue weighted by molar-refractivity contribution is 5.30. The Morgan fingerprint density at radius 3 is 2.29 bits per heavy atom. The molecule has 0 amide bonds. The molecule has 3 N–H and O–H groups in total. The number of methoxy groups -OCH3 is 1. The molecule has 0 heterocycles. The van der Waals surface area contributed by atoms with E-state index >= 15 is 0 Å². The summed E-state index contributed by atoms with van der Waals surface area (Å²) in [6.07, 6.45) is 0.979. The van der Waals surface area contributed by atoms with E-state index in [9.17, 15) is 0 Å². The third-order valence-electron chi connectivity index (χ3n) is 2.94. The summed E-state index contributed by atoms with van der Waals surface area (Å²) in [5, 5.41) is 0. The molecule has 0 saturated heterocycles. The maximum absolute atomic E-state index is 5.66. The summed E-state index contributed by atoms with van der Waals surface area (Å²) >= 11 is 0. The Morgan fingerprint density at radius 2 is 1.82 bits per heavy atom. The molecule has 0 radical (unpaired) electrons. The lowest BCUT2D eigenvalue weighted by molar-refractivity contribution is 0.149. The van der Waals surface area contributed by atoms with Crippen LogP contribution >= 0.6 is 0 Å². The molecular formula is C14H24N2O. The molecular weight excluding hydrogens is 212 g/mol. The SMILES string of the molecule is COCC(C)CC(NN)c1cc(C)cc(C)c1. The first kappa shape index (κ1) is 14.2. The minimum Gasteiger partial charge on any atom is -0.384 e. The summed E-state index contributed by atoms with van der Waals surface area (Å²) in [5.41, 5.74) is 6.72. The minimum atomic E-state index is 0.193. The summed E-state index contributed by atoms with van der Waals surface area (Å²) in [4.78, 5) is 0. The van der Waals surface area contributed by atoms with E-state index in [1.54, 1.807) is 7.11 Å². The maximum atomic E-state index is 5.66. The summed E-state index contributed by atoms with van der Waals surface area (Å²) in [7, 11) is 1.73. The topological polar surface area (TPSA) is 47.3 Å². The third-order valence-corrected chi connectivity index (χ3v) is 2.94. The van der Waals surface area contributed by atoms with Crippen LogP contribution in [0.1, 0.15) is 36.1 Å². The van der Waals surface area contributed by atoms with Gasteiger partial charge in [0, 0.05) is 19.8 Å². The van der Waals surface area contributed by atoms with Gasteiger partial charge in [-0.3, -0.25) is 11.3 Å². The zero-order valence-corrected chi connectivity index (χ0v) is 11.3. The predicted molar refractivity (Wildman–Crippen MR) is 71.6 cm³/mol. The van der Waals surface area contributed by atoms with Gasteiger partial charge in [0.15, 0.2) is 0 Å². The highest BCUT2D eigenvalue weighted by atomic mass is 16.5. The number of hydrogen-bond acceptors (Lipinski definition) is 3. The van der Waals surface area contributed by atoms with Crippen LogP contribution in [-0.4, -0.2) is 13.7 Å². The van der Waals surface area contributed by atoms with Gasteiger partial charge in [0.05, 0.1) is 0 Å². The van der Waals surface area contributed by atoms with Gasteiger partial charge in [0.25, 0.3) is 0 Å². The standard InChI is InChI=1S/C14H24N2O/c1-10-5-11(2)7-13(6-10)14(16-15)8-12(3)9-17-4/h5-7,12,14,16H,8-9,15H2,1-4H3. The molecule has 0 aliphatic heterocycles. The first-order valence-electron chi connectivity index (χ1n) is 6.10. The van der Waals surface area contributed by atoms with E-state index in [2.05, 4.69) is 44.4 Å². The van der Waals surface area contributed by atoms with Gasteiger partial charge in [-0.05, 0) is 31.7 Å². The first-order valence-corrected chi connectivity index (χ1v) is 6.10. The van der Waals surface area contributed by atoms with E-state index in [0.717, 1.165) is 13.0 Å². The van der Waals surface area contributed by atoms with Crippen molar-refractivity contribution >= 4 is 0 Å². The summed E-state index contributed by atoms with van der Waals surface area (Å²) < 4.78 is 5.16. The second-order valence-corrected chi connectivity index (χ2v) is 4.94. The monoisotopic (exact) mass is 236 g/mol. The van der Waals surface area contributed by atoms with Crippen molar-refractivity contribution in [2.45, 2.75) is 33.2 Å². The second-order valence-electron chi connectivity index (χ2n) is 4.94. The maximum Gasteiger partial charge on any atom is 0.0488 e. The molecule has 17 heavy (non-hydrogen) atoms. The van der Waals surface area contributed by atoms with Gasteiger partial charge in [-0.2, -0.15) is 0 Å². The van der Waals surface area contributed by atoms with Gasteiger partial charge in [0.2, 0.25) is 0 Å². The van der Waals surface area contributed by atoms with E-state index in [-0.39, 0.29) is 6.04 Å². The number of hydrazine groups is 1. The van der Waals surface area contributed by atoms with Crippen LogP contribution < -0.4 is 11.3 Å². The van der Waals surface area contributed by atoms with E-state index in [1.807, 2.05) is 0 Å². The fourth-order valence-electron chi connectivity index (χ4n) is 2.27. The summed E-state index contributed by atoms with van der Waals surface area (Å²) in [6.45, 7) is 7.17. The van der Waals surface area contributed by atoms with Gasteiger partial charge in [-0.25, -0.2) is 0 Å². The normalized spacial score (nSPS) is 14.6. The molecule has 2 unspecified atom stereocenters. The molecule has 1 rings (SSSR count). The lowest BCUT2D eigenvalue weighted by atomic mass is 9.94. The number of nitrogens with one attached hydrogen (secondary N) is 1. The zero-order chi connectivity index (χ0) is 12.8. The smallest absolute Gasteiger partial charge is 0.0488 e. The second kappa shape index (κ2) is 6.74. The number of nitrogens with two attached hydrogens (primary N) is 1. The Labute approximate surface area is 104 Å². The molecule has 2 atom stereocenters. The van der Waals surface area contributed by atoms with Crippen molar-refractivity contribution in [3.63, 3.8) is 0 Å². The summed E-state index contributed by atoms with van der Waals surface area (Å²) in [6, 6.07) is 6.75. The van der Waals surface area contributed by atoms with E-state index in [0.29, 0.717) is 5.92 Å². The van der Waals surface area contributed by atoms with Crippen molar-refractivity contribution in [1.29, 1.82) is 0 Å². The Balaban J connectivity index is 2.78. The Kier molecular flexibility index (Phi) is 5.62. The van der Waals surface area contributed by atoms with Crippen LogP contribution in [-0.2, 0) is 4.74 Å². The van der Waals surface area contributed by atoms with Crippen molar-refractivity contribution in [3.8, 4) is 0 Å². The Morgan fingerprint density at radius 1 is 1.24 bits per heavy atom. The lowest BCUT2D eigenvalue weighted by Crippen LogP contribution is -2.30. The van der Waals surface area contributed by atoms with Crippen LogP contribution in [0.2, 0.25) is 0 Å². The molecule has 0 aliphatic carbocycles. The highest BCUT2D eigenvalue weighted by Gasteiger charge is 2.14. The number of rotatable bonds is 6. The average Bonchev–Trinajstić information content (AvgIpc) is 2.24. The van der Waals surface area contributed by atoms with Crippen LogP contribution in [0, 0.1) is 19.8 Å². The van der Waals surface area contributed by atoms with Gasteiger partial charge in [-0.15, -0.1) is 0 Å². The fourth-order valence-corrected chi connectivity index (χ4v) is 2.27. The van der Waals surface area contributed by atoms with Crippen molar-refractivity contribution in [2.75, 3.05) is 13.7 Å². The molecule has 3 heteroatoms. The molecule has 0 bridgehead atoms. The number of benzene rings is 1. The largest absolute Gasteiger partial charge is 0.384 e. The van der Waals surface area contributed by atoms with Crippen LogP contribution in [0.25, 0.3) is 0 Å². The van der Waals surface area contributed by atoms with Crippen LogP contribution in [0.4, 0.5) is 0 Å². The third kappa shape index (κ3) is 4.46.